The first-order valence-electron chi connectivity index (χ1n) is 5.40. The second-order valence-electron chi connectivity index (χ2n) is 4.06. The standard InChI is InChI=1S/C12H16N2O2/c1-8-12-4-3-11(13)7-10(12)5-6-16-14(8)9(2)15/h3-4,7-8H,5-6,13H2,1-2H3. The number of hydrogen-bond donors (Lipinski definition) is 1. The van der Waals surface area contributed by atoms with Crippen molar-refractivity contribution in [2.24, 2.45) is 0 Å². The van der Waals surface area contributed by atoms with Gasteiger partial charge in [0.25, 0.3) is 0 Å². The van der Waals surface area contributed by atoms with Gasteiger partial charge in [0.2, 0.25) is 5.91 Å². The van der Waals surface area contributed by atoms with Crippen molar-refractivity contribution in [2.75, 3.05) is 12.3 Å². The SMILES string of the molecule is CC(=O)N1OCCc2cc(N)ccc2C1C. The van der Waals surface area contributed by atoms with Gasteiger partial charge in [0, 0.05) is 12.6 Å². The number of nitrogen functional groups attached to an aromatic ring is 1. The molecule has 2 rings (SSSR count). The van der Waals surface area contributed by atoms with Gasteiger partial charge < -0.3 is 5.73 Å². The highest BCUT2D eigenvalue weighted by molar-refractivity contribution is 5.72. The third-order valence-corrected chi connectivity index (χ3v) is 2.88. The Hall–Kier alpha value is -1.55. The number of carbonyl (C=O) groups excluding carboxylic acids is 1. The molecule has 1 amide bonds. The molecule has 16 heavy (non-hydrogen) atoms. The predicted octanol–water partition coefficient (Wildman–Crippen LogP) is 1.67. The number of nitrogens with two attached hydrogens (primary N) is 1. The van der Waals surface area contributed by atoms with Crippen LogP contribution in [-0.4, -0.2) is 17.6 Å². The fourth-order valence-corrected chi connectivity index (χ4v) is 2.11. The third kappa shape index (κ3) is 1.88. The molecule has 0 aliphatic carbocycles. The molecule has 0 fully saturated rings. The van der Waals surface area contributed by atoms with E-state index in [-0.39, 0.29) is 11.9 Å². The molecule has 0 saturated carbocycles. The van der Waals surface area contributed by atoms with Crippen molar-refractivity contribution in [3.8, 4) is 0 Å². The molecule has 4 nitrogen and oxygen atoms in total. The van der Waals surface area contributed by atoms with E-state index in [1.807, 2.05) is 25.1 Å². The van der Waals surface area contributed by atoms with Gasteiger partial charge in [-0.15, -0.1) is 0 Å². The van der Waals surface area contributed by atoms with E-state index < -0.39 is 0 Å². The lowest BCUT2D eigenvalue weighted by Crippen LogP contribution is -2.30. The van der Waals surface area contributed by atoms with Crippen LogP contribution in [-0.2, 0) is 16.1 Å². The average Bonchev–Trinajstić information content (AvgIpc) is 2.37. The molecule has 1 aromatic carbocycles. The zero-order valence-electron chi connectivity index (χ0n) is 9.56. The molecule has 1 aromatic rings. The Bertz CT molecular complexity index is 417. The van der Waals surface area contributed by atoms with Gasteiger partial charge >= 0.3 is 0 Å². The fraction of sp³-hybridized carbons (Fsp3) is 0.417. The first-order valence-corrected chi connectivity index (χ1v) is 5.40. The Morgan fingerprint density at radius 2 is 2.31 bits per heavy atom. The molecular weight excluding hydrogens is 204 g/mol. The van der Waals surface area contributed by atoms with Crippen molar-refractivity contribution >= 4 is 11.6 Å². The predicted molar refractivity (Wildman–Crippen MR) is 61.4 cm³/mol. The van der Waals surface area contributed by atoms with Gasteiger partial charge in [-0.3, -0.25) is 9.63 Å². The second-order valence-corrected chi connectivity index (χ2v) is 4.06. The summed E-state index contributed by atoms with van der Waals surface area (Å²) in [5, 5.41) is 1.43. The van der Waals surface area contributed by atoms with Gasteiger partial charge in [0.05, 0.1) is 12.6 Å². The van der Waals surface area contributed by atoms with Crippen molar-refractivity contribution in [3.05, 3.63) is 29.3 Å². The van der Waals surface area contributed by atoms with Crippen molar-refractivity contribution in [2.45, 2.75) is 26.3 Å². The Morgan fingerprint density at radius 1 is 1.56 bits per heavy atom. The molecule has 0 bridgehead atoms. The first kappa shape index (κ1) is 11.0. The molecule has 0 aromatic heterocycles. The minimum Gasteiger partial charge on any atom is -0.399 e. The van der Waals surface area contributed by atoms with E-state index in [9.17, 15) is 4.79 Å². The van der Waals surface area contributed by atoms with Crippen LogP contribution < -0.4 is 5.73 Å². The molecule has 0 spiro atoms. The van der Waals surface area contributed by atoms with Crippen LogP contribution in [0.4, 0.5) is 5.69 Å². The van der Waals surface area contributed by atoms with Crippen LogP contribution in [0.25, 0.3) is 0 Å². The molecule has 1 aliphatic rings. The summed E-state index contributed by atoms with van der Waals surface area (Å²) in [5.74, 6) is -0.0721. The molecule has 1 unspecified atom stereocenters. The number of fused-ring (bicyclic) bond motifs is 1. The Kier molecular flexibility index (Phi) is 2.83. The second kappa shape index (κ2) is 4.14. The van der Waals surface area contributed by atoms with Crippen LogP contribution in [0.1, 0.15) is 31.0 Å². The molecule has 0 saturated heterocycles. The number of hydrogen-bond acceptors (Lipinski definition) is 3. The normalized spacial score (nSPS) is 20.1. The molecule has 86 valence electrons. The number of amides is 1. The van der Waals surface area contributed by atoms with Crippen LogP contribution in [0.3, 0.4) is 0 Å². The van der Waals surface area contributed by atoms with Crippen LogP contribution in [0.5, 0.6) is 0 Å². The number of benzene rings is 1. The molecule has 4 heteroatoms. The highest BCUT2D eigenvalue weighted by Gasteiger charge is 2.24. The van der Waals surface area contributed by atoms with Crippen molar-refractivity contribution in [1.29, 1.82) is 0 Å². The molecular formula is C12H16N2O2. The largest absolute Gasteiger partial charge is 0.399 e. The number of rotatable bonds is 0. The first-order chi connectivity index (χ1) is 7.59. The topological polar surface area (TPSA) is 55.6 Å². The Labute approximate surface area is 94.9 Å². The summed E-state index contributed by atoms with van der Waals surface area (Å²) < 4.78 is 0. The number of hydroxylamine groups is 2. The van der Waals surface area contributed by atoms with Gasteiger partial charge in [-0.2, -0.15) is 0 Å². The van der Waals surface area contributed by atoms with Crippen LogP contribution >= 0.6 is 0 Å². The minimum absolute atomic E-state index is 0.0596. The maximum atomic E-state index is 11.4. The molecule has 1 atom stereocenters. The van der Waals surface area contributed by atoms with Gasteiger partial charge in [-0.25, -0.2) is 5.06 Å². The van der Waals surface area contributed by atoms with E-state index in [2.05, 4.69) is 0 Å². The van der Waals surface area contributed by atoms with Gasteiger partial charge in [0.1, 0.15) is 0 Å². The summed E-state index contributed by atoms with van der Waals surface area (Å²) in [6.45, 7) is 3.99. The van der Waals surface area contributed by atoms with Crippen molar-refractivity contribution in [1.82, 2.24) is 5.06 Å². The van der Waals surface area contributed by atoms with Crippen LogP contribution in [0.2, 0.25) is 0 Å². The lowest BCUT2D eigenvalue weighted by Gasteiger charge is -2.25. The van der Waals surface area contributed by atoms with E-state index in [4.69, 9.17) is 10.6 Å². The average molecular weight is 220 g/mol. The van der Waals surface area contributed by atoms with E-state index in [0.717, 1.165) is 23.2 Å². The maximum absolute atomic E-state index is 11.4. The maximum Gasteiger partial charge on any atom is 0.243 e. The smallest absolute Gasteiger partial charge is 0.243 e. The van der Waals surface area contributed by atoms with E-state index >= 15 is 0 Å². The lowest BCUT2D eigenvalue weighted by atomic mass is 9.99. The van der Waals surface area contributed by atoms with Gasteiger partial charge in [-0.1, -0.05) is 6.07 Å². The highest BCUT2D eigenvalue weighted by atomic mass is 16.7. The van der Waals surface area contributed by atoms with Crippen LogP contribution in [0.15, 0.2) is 18.2 Å². The Balaban J connectivity index is 2.41. The quantitative estimate of drug-likeness (QED) is 0.676. The van der Waals surface area contributed by atoms with Gasteiger partial charge in [0.15, 0.2) is 0 Å². The van der Waals surface area contributed by atoms with Gasteiger partial charge in [-0.05, 0) is 36.6 Å². The highest BCUT2D eigenvalue weighted by Crippen LogP contribution is 2.28. The lowest BCUT2D eigenvalue weighted by molar-refractivity contribution is -0.195. The van der Waals surface area contributed by atoms with E-state index in [1.165, 1.54) is 12.0 Å². The van der Waals surface area contributed by atoms with Crippen molar-refractivity contribution < 1.29 is 9.63 Å². The Morgan fingerprint density at radius 3 is 3.00 bits per heavy atom. The van der Waals surface area contributed by atoms with Crippen molar-refractivity contribution in [3.63, 3.8) is 0 Å². The number of nitrogens with zero attached hydrogens (tertiary/aromatic N) is 1. The monoisotopic (exact) mass is 220 g/mol. The van der Waals surface area contributed by atoms with E-state index in [0.29, 0.717) is 6.61 Å². The summed E-state index contributed by atoms with van der Waals surface area (Å²) in [6, 6.07) is 5.73. The molecule has 2 N–H and O–H groups in total. The zero-order chi connectivity index (χ0) is 11.7. The minimum atomic E-state index is -0.0721. The summed E-state index contributed by atoms with van der Waals surface area (Å²) in [7, 11) is 0. The number of anilines is 1. The molecule has 0 radical (unpaired) electrons. The van der Waals surface area contributed by atoms with E-state index in [1.54, 1.807) is 0 Å². The zero-order valence-corrected chi connectivity index (χ0v) is 9.56. The summed E-state index contributed by atoms with van der Waals surface area (Å²) >= 11 is 0. The fourth-order valence-electron chi connectivity index (χ4n) is 2.11. The van der Waals surface area contributed by atoms with Crippen LogP contribution in [0, 0.1) is 0 Å². The third-order valence-electron chi connectivity index (χ3n) is 2.88. The summed E-state index contributed by atoms with van der Waals surface area (Å²) in [5.41, 5.74) is 8.78. The number of carbonyl (C=O) groups is 1. The summed E-state index contributed by atoms with van der Waals surface area (Å²) in [4.78, 5) is 16.9. The molecule has 1 heterocycles. The molecule has 1 aliphatic heterocycles. The summed E-state index contributed by atoms with van der Waals surface area (Å²) in [6.07, 6.45) is 0.786.